The highest BCUT2D eigenvalue weighted by atomic mass is 19.4. The number of hydrogen-bond donors (Lipinski definition) is 2. The van der Waals surface area contributed by atoms with Crippen molar-refractivity contribution in [1.82, 2.24) is 9.78 Å². The lowest BCUT2D eigenvalue weighted by Gasteiger charge is -2.38. The second-order valence-corrected chi connectivity index (χ2v) is 6.82. The first-order valence-corrected chi connectivity index (χ1v) is 9.05. The first-order valence-electron chi connectivity index (χ1n) is 9.05. The van der Waals surface area contributed by atoms with Crippen LogP contribution in [0.25, 0.3) is 10.9 Å². The maximum absolute atomic E-state index is 14.2. The molecule has 0 saturated heterocycles. The predicted octanol–water partition coefficient (Wildman–Crippen LogP) is 5.02. The number of nitrogens with zero attached hydrogens (tertiary/aromatic N) is 2. The molecule has 30 heavy (non-hydrogen) atoms. The van der Waals surface area contributed by atoms with E-state index in [-0.39, 0.29) is 17.5 Å². The Morgan fingerprint density at radius 1 is 1.10 bits per heavy atom. The largest absolute Gasteiger partial charge is 0.416 e. The highest BCUT2D eigenvalue weighted by Gasteiger charge is 2.47. The van der Waals surface area contributed by atoms with Crippen molar-refractivity contribution in [2.45, 2.75) is 37.6 Å². The topological polar surface area (TPSA) is 50.1 Å². The summed E-state index contributed by atoms with van der Waals surface area (Å²) in [6.45, 7) is 1.50. The molecule has 4 nitrogen and oxygen atoms in total. The Morgan fingerprint density at radius 3 is 2.20 bits per heavy atom. The van der Waals surface area contributed by atoms with Gasteiger partial charge >= 0.3 is 6.18 Å². The molecule has 0 fully saturated rings. The molecule has 10 heteroatoms. The maximum Gasteiger partial charge on any atom is 0.416 e. The molecule has 0 bridgehead atoms. The molecule has 3 aromatic rings. The van der Waals surface area contributed by atoms with Crippen LogP contribution in [-0.2, 0) is 11.7 Å². The Hall–Kier alpha value is -2.75. The molecule has 1 heterocycles. The second kappa shape index (κ2) is 7.82. The highest BCUT2D eigenvalue weighted by Crippen LogP contribution is 2.40. The van der Waals surface area contributed by atoms with Crippen LogP contribution in [0.2, 0.25) is 0 Å². The van der Waals surface area contributed by atoms with Gasteiger partial charge in [-0.1, -0.05) is 19.1 Å². The highest BCUT2D eigenvalue weighted by molar-refractivity contribution is 5.91. The van der Waals surface area contributed by atoms with Crippen LogP contribution in [-0.4, -0.2) is 34.5 Å². The van der Waals surface area contributed by atoms with Crippen molar-refractivity contribution in [1.29, 1.82) is 0 Å². The second-order valence-electron chi connectivity index (χ2n) is 6.82. The quantitative estimate of drug-likeness (QED) is 0.539. The molecule has 1 aromatic heterocycles. The lowest BCUT2D eigenvalue weighted by atomic mass is 9.81. The molecular formula is C20H19F6N3O. The van der Waals surface area contributed by atoms with Crippen LogP contribution < -0.4 is 5.32 Å². The summed E-state index contributed by atoms with van der Waals surface area (Å²) in [4.78, 5) is 0. The Bertz CT molecular complexity index is 1030. The maximum atomic E-state index is 14.2. The first-order chi connectivity index (χ1) is 14.1. The molecule has 0 amide bonds. The summed E-state index contributed by atoms with van der Waals surface area (Å²) in [5, 5.41) is 17.8. The van der Waals surface area contributed by atoms with Gasteiger partial charge in [0, 0.05) is 18.1 Å². The molecule has 0 aliphatic carbocycles. The normalized spacial score (nSPS) is 15.4. The Labute approximate surface area is 168 Å². The number of nitrogens with one attached hydrogen (secondary N) is 1. The van der Waals surface area contributed by atoms with Crippen LogP contribution in [0.15, 0.2) is 42.6 Å². The third-order valence-corrected chi connectivity index (χ3v) is 5.28. The van der Waals surface area contributed by atoms with Gasteiger partial charge in [-0.05, 0) is 36.2 Å². The summed E-state index contributed by atoms with van der Waals surface area (Å²) in [6.07, 6.45) is -8.98. The van der Waals surface area contributed by atoms with Gasteiger partial charge in [-0.3, -0.25) is 4.68 Å². The lowest BCUT2D eigenvalue weighted by Crippen LogP contribution is -2.49. The molecule has 2 aromatic carbocycles. The number of halogens is 6. The van der Waals surface area contributed by atoms with Crippen molar-refractivity contribution in [3.8, 4) is 0 Å². The van der Waals surface area contributed by atoms with Crippen molar-refractivity contribution < 1.29 is 31.4 Å². The van der Waals surface area contributed by atoms with Gasteiger partial charge in [-0.2, -0.15) is 18.3 Å². The Kier molecular flexibility index (Phi) is 5.72. The zero-order valence-corrected chi connectivity index (χ0v) is 16.0. The molecular weight excluding hydrogens is 412 g/mol. The van der Waals surface area contributed by atoms with Gasteiger partial charge < -0.3 is 10.4 Å². The van der Waals surface area contributed by atoms with Crippen LogP contribution in [0.1, 0.15) is 24.5 Å². The van der Waals surface area contributed by atoms with Crippen molar-refractivity contribution in [3.63, 3.8) is 0 Å². The number of rotatable bonds is 6. The standard InChI is InChI=1S/C20H19F6N3O/c1-3-19(17(30)18(22)23,11-4-6-12(7-5-11)20(24,25)26)29-16-9-13(21)8-15(27-2)14(16)10-28-29/h4-10,17-18,27,30H,3H2,1-2H3. The van der Waals surface area contributed by atoms with E-state index in [2.05, 4.69) is 10.4 Å². The van der Waals surface area contributed by atoms with Crippen molar-refractivity contribution in [3.05, 3.63) is 59.5 Å². The molecule has 0 saturated carbocycles. The average Bonchev–Trinajstić information content (AvgIpc) is 3.12. The van der Waals surface area contributed by atoms with Crippen LogP contribution in [0.3, 0.4) is 0 Å². The zero-order chi connectivity index (χ0) is 22.3. The van der Waals surface area contributed by atoms with Crippen LogP contribution >= 0.6 is 0 Å². The minimum Gasteiger partial charge on any atom is -0.387 e. The van der Waals surface area contributed by atoms with E-state index in [0.717, 1.165) is 35.0 Å². The molecule has 2 atom stereocenters. The fourth-order valence-electron chi connectivity index (χ4n) is 3.75. The van der Waals surface area contributed by atoms with Gasteiger partial charge in [0.2, 0.25) is 0 Å². The summed E-state index contributed by atoms with van der Waals surface area (Å²) < 4.78 is 81.5. The first kappa shape index (κ1) is 21.9. The van der Waals surface area contributed by atoms with Gasteiger partial charge in [-0.25, -0.2) is 13.2 Å². The predicted molar refractivity (Wildman–Crippen MR) is 100 cm³/mol. The fraction of sp³-hybridized carbons (Fsp3) is 0.350. The Morgan fingerprint density at radius 2 is 1.70 bits per heavy atom. The summed E-state index contributed by atoms with van der Waals surface area (Å²) in [5.41, 5.74) is -2.44. The molecule has 162 valence electrons. The summed E-state index contributed by atoms with van der Waals surface area (Å²) in [7, 11) is 1.54. The fourth-order valence-corrected chi connectivity index (χ4v) is 3.75. The molecule has 0 aliphatic rings. The third kappa shape index (κ3) is 3.49. The minimum atomic E-state index is -4.61. The molecule has 2 N–H and O–H groups in total. The van der Waals surface area contributed by atoms with Crippen molar-refractivity contribution in [2.75, 3.05) is 12.4 Å². The van der Waals surface area contributed by atoms with Gasteiger partial charge in [-0.15, -0.1) is 0 Å². The van der Waals surface area contributed by atoms with E-state index >= 15 is 0 Å². The molecule has 2 unspecified atom stereocenters. The SMILES string of the molecule is CCC(c1ccc(C(F)(F)F)cc1)(C(O)C(F)F)n1ncc2c(NC)cc(F)cc21. The van der Waals surface area contributed by atoms with Crippen LogP contribution in [0.5, 0.6) is 0 Å². The number of aliphatic hydroxyl groups is 1. The van der Waals surface area contributed by atoms with E-state index in [1.54, 1.807) is 7.05 Å². The molecule has 0 radical (unpaired) electrons. The van der Waals surface area contributed by atoms with Gasteiger partial charge in [0.05, 0.1) is 17.3 Å². The monoisotopic (exact) mass is 431 g/mol. The van der Waals surface area contributed by atoms with Crippen LogP contribution in [0.4, 0.5) is 32.0 Å². The van der Waals surface area contributed by atoms with E-state index in [9.17, 15) is 31.4 Å². The van der Waals surface area contributed by atoms with E-state index < -0.39 is 35.6 Å². The lowest BCUT2D eigenvalue weighted by molar-refractivity contribution is -0.137. The zero-order valence-electron chi connectivity index (χ0n) is 16.0. The van der Waals surface area contributed by atoms with Crippen LogP contribution in [0, 0.1) is 5.82 Å². The van der Waals surface area contributed by atoms with E-state index in [4.69, 9.17) is 0 Å². The smallest absolute Gasteiger partial charge is 0.387 e. The summed E-state index contributed by atoms with van der Waals surface area (Å²) >= 11 is 0. The number of alkyl halides is 5. The van der Waals surface area contributed by atoms with E-state index in [0.29, 0.717) is 11.1 Å². The summed E-state index contributed by atoms with van der Waals surface area (Å²) in [6, 6.07) is 5.85. The molecule has 0 spiro atoms. The molecule has 3 rings (SSSR count). The van der Waals surface area contributed by atoms with Crippen molar-refractivity contribution >= 4 is 16.6 Å². The minimum absolute atomic E-state index is 0.00827. The van der Waals surface area contributed by atoms with Gasteiger partial charge in [0.1, 0.15) is 17.5 Å². The summed E-state index contributed by atoms with van der Waals surface area (Å²) in [5.74, 6) is -0.669. The number of hydrogen-bond acceptors (Lipinski definition) is 3. The van der Waals surface area contributed by atoms with E-state index in [1.807, 2.05) is 0 Å². The number of benzene rings is 2. The Balaban J connectivity index is 2.32. The third-order valence-electron chi connectivity index (χ3n) is 5.28. The number of anilines is 1. The average molecular weight is 431 g/mol. The van der Waals surface area contributed by atoms with Gasteiger partial charge in [0.15, 0.2) is 0 Å². The number of aliphatic hydroxyl groups excluding tert-OH is 1. The van der Waals surface area contributed by atoms with Gasteiger partial charge in [0.25, 0.3) is 6.43 Å². The van der Waals surface area contributed by atoms with E-state index in [1.165, 1.54) is 19.2 Å². The van der Waals surface area contributed by atoms with Crippen molar-refractivity contribution in [2.24, 2.45) is 0 Å². The molecule has 0 aliphatic heterocycles. The number of aromatic nitrogens is 2. The number of fused-ring (bicyclic) bond motifs is 1.